The normalized spacial score (nSPS) is 4.33. The highest BCUT2D eigenvalue weighted by Gasteiger charge is 1.36. The van der Waals surface area contributed by atoms with Crippen LogP contribution in [0.15, 0.2) is 0 Å². The molecule has 35 valence electrons. The third-order valence-electron chi connectivity index (χ3n) is 0. The molecule has 0 rings (SSSR count). The first kappa shape index (κ1) is 9.09. The van der Waals surface area contributed by atoms with E-state index in [0.29, 0.717) is 0 Å². The second-order valence-corrected chi connectivity index (χ2v) is 0.801. The molecule has 0 aromatic heterocycles. The van der Waals surface area contributed by atoms with Crippen LogP contribution >= 0.6 is 0 Å². The Labute approximate surface area is 39.6 Å². The molecular weight excluding hydrogens is 74.1 g/mol. The maximum atomic E-state index is 7.32. The number of hydrogen-bond acceptors (Lipinski definition) is 1. The van der Waals surface area contributed by atoms with E-state index >= 15 is 0 Å². The summed E-state index contributed by atoms with van der Waals surface area (Å²) < 4.78 is 0. The fraction of sp³-hybridized carbons (Fsp3) is 0.600. The van der Waals surface area contributed by atoms with E-state index < -0.39 is 0 Å². The summed E-state index contributed by atoms with van der Waals surface area (Å²) in [7, 11) is 0. The average Bonchev–Trinajstić information content (AvgIpc) is 1.39. The lowest BCUT2D eigenvalue weighted by atomic mass is 10.6. The van der Waals surface area contributed by atoms with Gasteiger partial charge in [-0.25, -0.2) is 0 Å². The van der Waals surface area contributed by atoms with Crippen LogP contribution in [0.1, 0.15) is 20.8 Å². The summed E-state index contributed by atoms with van der Waals surface area (Å²) in [5.41, 5.74) is 0. The minimum Gasteiger partial charge on any atom is -0.199 e. The van der Waals surface area contributed by atoms with Crippen molar-refractivity contribution in [3.05, 3.63) is 6.42 Å². The van der Waals surface area contributed by atoms with Crippen LogP contribution in [-0.4, -0.2) is 0 Å². The van der Waals surface area contributed by atoms with Crippen molar-refractivity contribution in [2.45, 2.75) is 20.8 Å². The molecule has 0 aliphatic heterocycles. The van der Waals surface area contributed by atoms with Crippen molar-refractivity contribution in [2.75, 3.05) is 0 Å². The van der Waals surface area contributed by atoms with Gasteiger partial charge in [0, 0.05) is 6.92 Å². The van der Waals surface area contributed by atoms with E-state index in [0.717, 1.165) is 0 Å². The molecule has 6 heavy (non-hydrogen) atoms. The van der Waals surface area contributed by atoms with Gasteiger partial charge in [0.2, 0.25) is 0 Å². The topological polar surface area (TPSA) is 23.8 Å². The molecule has 0 N–H and O–H groups in total. The summed E-state index contributed by atoms with van der Waals surface area (Å²) in [4.78, 5) is 0. The van der Waals surface area contributed by atoms with Crippen LogP contribution in [0.5, 0.6) is 0 Å². The monoisotopic (exact) mass is 84.1 g/mol. The first-order chi connectivity index (χ1) is 2.83. The molecule has 0 fully saturated rings. The number of nitrogens with zero attached hydrogens (tertiary/aromatic N) is 1. The number of rotatable bonds is 0. The average molecular weight is 84.1 g/mol. The highest BCUT2D eigenvalue weighted by Crippen LogP contribution is 1.53. The van der Waals surface area contributed by atoms with Gasteiger partial charge in [-0.3, -0.25) is 0 Å². The van der Waals surface area contributed by atoms with Gasteiger partial charge >= 0.3 is 0 Å². The van der Waals surface area contributed by atoms with Crippen LogP contribution in [0, 0.1) is 17.8 Å². The second-order valence-electron chi connectivity index (χ2n) is 0.801. The van der Waals surface area contributed by atoms with Gasteiger partial charge in [0.1, 0.15) is 0 Å². The molecule has 1 heteroatoms. The van der Waals surface area contributed by atoms with Crippen molar-refractivity contribution < 1.29 is 0 Å². The molecule has 0 aliphatic rings. The highest BCUT2D eigenvalue weighted by atomic mass is 14.2. The van der Waals surface area contributed by atoms with Crippen LogP contribution < -0.4 is 0 Å². The van der Waals surface area contributed by atoms with Crippen molar-refractivity contribution in [3.8, 4) is 6.07 Å². The van der Waals surface area contributed by atoms with Crippen LogP contribution in [0.2, 0.25) is 0 Å². The van der Waals surface area contributed by atoms with Crippen molar-refractivity contribution >= 4 is 0 Å². The summed E-state index contributed by atoms with van der Waals surface area (Å²) in [5.74, 6) is 0. The Kier molecular flexibility index (Phi) is 37.3. The third kappa shape index (κ3) is 83.2. The van der Waals surface area contributed by atoms with Crippen LogP contribution in [0.25, 0.3) is 0 Å². The van der Waals surface area contributed by atoms with Crippen molar-refractivity contribution in [1.82, 2.24) is 0 Å². The quantitative estimate of drug-likeness (QED) is 0.438. The standard InChI is InChI=1S/C3H7.C2H3N/c1-3-2;1-2-3/h3H,1-2H3;1H3. The van der Waals surface area contributed by atoms with Crippen LogP contribution in [0.4, 0.5) is 0 Å². The Morgan fingerprint density at radius 1 is 1.50 bits per heavy atom. The number of nitriles is 1. The van der Waals surface area contributed by atoms with Crippen LogP contribution in [0.3, 0.4) is 0 Å². The summed E-state index contributed by atoms with van der Waals surface area (Å²) in [5, 5.41) is 7.32. The molecule has 0 aromatic rings. The molecule has 1 nitrogen and oxygen atoms in total. The second kappa shape index (κ2) is 24.6. The van der Waals surface area contributed by atoms with Gasteiger partial charge in [-0.05, 0) is 6.42 Å². The molecule has 0 saturated heterocycles. The molecule has 0 atom stereocenters. The fourth-order valence-corrected chi connectivity index (χ4v) is 0. The molecule has 1 radical (unpaired) electrons. The first-order valence-corrected chi connectivity index (χ1v) is 1.88. The molecule has 0 spiro atoms. The van der Waals surface area contributed by atoms with E-state index in [1.54, 1.807) is 6.07 Å². The smallest absolute Gasteiger partial charge is 0.0587 e. The Morgan fingerprint density at radius 3 is 1.50 bits per heavy atom. The molecule has 0 unspecified atom stereocenters. The molecule has 0 amide bonds. The zero-order valence-electron chi connectivity index (χ0n) is 4.52. The summed E-state index contributed by atoms with van der Waals surface area (Å²) in [6.45, 7) is 5.43. The fourth-order valence-electron chi connectivity index (χ4n) is 0. The largest absolute Gasteiger partial charge is 0.199 e. The lowest BCUT2D eigenvalue weighted by molar-refractivity contribution is 1.41. The Hall–Kier alpha value is -0.510. The van der Waals surface area contributed by atoms with Gasteiger partial charge in [-0.1, -0.05) is 13.8 Å². The lowest BCUT2D eigenvalue weighted by Gasteiger charge is -1.47. The Bertz CT molecular complexity index is 33.7. The molecule has 0 saturated carbocycles. The first-order valence-electron chi connectivity index (χ1n) is 1.88. The zero-order valence-corrected chi connectivity index (χ0v) is 4.52. The Morgan fingerprint density at radius 2 is 1.50 bits per heavy atom. The maximum Gasteiger partial charge on any atom is 0.0587 e. The lowest BCUT2D eigenvalue weighted by Crippen LogP contribution is -1.30. The molecule has 0 aromatic carbocycles. The predicted octanol–water partition coefficient (Wildman–Crippen LogP) is 1.76. The summed E-state index contributed by atoms with van der Waals surface area (Å²) in [6, 6.07) is 1.75. The summed E-state index contributed by atoms with van der Waals surface area (Å²) in [6.07, 6.45) is 2.00. The SMILES string of the molecule is CC#N.C[CH]C. The van der Waals surface area contributed by atoms with E-state index in [2.05, 4.69) is 0 Å². The minimum absolute atomic E-state index is 1.43. The van der Waals surface area contributed by atoms with Crippen molar-refractivity contribution in [3.63, 3.8) is 0 Å². The van der Waals surface area contributed by atoms with Gasteiger partial charge in [-0.2, -0.15) is 5.26 Å². The van der Waals surface area contributed by atoms with Gasteiger partial charge in [0.25, 0.3) is 0 Å². The third-order valence-corrected chi connectivity index (χ3v) is 0. The highest BCUT2D eigenvalue weighted by molar-refractivity contribution is 4.51. The number of hydrogen-bond donors (Lipinski definition) is 0. The molecule has 0 heterocycles. The van der Waals surface area contributed by atoms with Gasteiger partial charge in [0.15, 0.2) is 0 Å². The van der Waals surface area contributed by atoms with Crippen molar-refractivity contribution in [2.24, 2.45) is 0 Å². The molecular formula is C5H10N. The predicted molar refractivity (Wildman–Crippen MR) is 26.9 cm³/mol. The van der Waals surface area contributed by atoms with E-state index in [1.807, 2.05) is 20.3 Å². The van der Waals surface area contributed by atoms with Gasteiger partial charge in [0.05, 0.1) is 6.07 Å². The Balaban J connectivity index is 0. The van der Waals surface area contributed by atoms with E-state index in [1.165, 1.54) is 6.92 Å². The van der Waals surface area contributed by atoms with Crippen molar-refractivity contribution in [1.29, 1.82) is 5.26 Å². The van der Waals surface area contributed by atoms with E-state index in [4.69, 9.17) is 5.26 Å². The maximum absolute atomic E-state index is 7.32. The van der Waals surface area contributed by atoms with Gasteiger partial charge < -0.3 is 0 Å². The molecule has 0 aliphatic carbocycles. The zero-order chi connectivity index (χ0) is 5.41. The van der Waals surface area contributed by atoms with Crippen LogP contribution in [-0.2, 0) is 0 Å². The van der Waals surface area contributed by atoms with E-state index in [-0.39, 0.29) is 0 Å². The van der Waals surface area contributed by atoms with Gasteiger partial charge in [-0.15, -0.1) is 0 Å². The summed E-state index contributed by atoms with van der Waals surface area (Å²) >= 11 is 0. The van der Waals surface area contributed by atoms with E-state index in [9.17, 15) is 0 Å². The minimum atomic E-state index is 1.43. The molecule has 0 bridgehead atoms.